The number of aromatic amines is 1. The van der Waals surface area contributed by atoms with Gasteiger partial charge in [-0.3, -0.25) is 10.1 Å². The molecule has 0 bridgehead atoms. The van der Waals surface area contributed by atoms with Crippen LogP contribution in [-0.4, -0.2) is 21.0 Å². The van der Waals surface area contributed by atoms with Gasteiger partial charge in [0.05, 0.1) is 4.92 Å². The molecule has 0 aromatic carbocycles. The van der Waals surface area contributed by atoms with E-state index in [1.807, 2.05) is 20.8 Å². The fraction of sp³-hybridized carbons (Fsp3) is 0.500. The summed E-state index contributed by atoms with van der Waals surface area (Å²) >= 11 is 0. The van der Waals surface area contributed by atoms with E-state index in [1.165, 1.54) is 0 Å². The summed E-state index contributed by atoms with van der Waals surface area (Å²) in [6, 6.07) is 0. The van der Waals surface area contributed by atoms with Gasteiger partial charge in [0, 0.05) is 16.7 Å². The molecule has 2 N–H and O–H groups in total. The number of aromatic carboxylic acids is 1. The van der Waals surface area contributed by atoms with Gasteiger partial charge in [-0.1, -0.05) is 20.8 Å². The van der Waals surface area contributed by atoms with Crippen molar-refractivity contribution in [2.45, 2.75) is 33.1 Å². The molecule has 1 heterocycles. The van der Waals surface area contributed by atoms with Gasteiger partial charge in [-0.2, -0.15) is 0 Å². The Hall–Kier alpha value is -1.85. The van der Waals surface area contributed by atoms with E-state index < -0.39 is 10.9 Å². The summed E-state index contributed by atoms with van der Waals surface area (Å²) < 4.78 is 0. The third kappa shape index (κ3) is 1.91. The van der Waals surface area contributed by atoms with Crippen molar-refractivity contribution < 1.29 is 14.8 Å². The van der Waals surface area contributed by atoms with E-state index >= 15 is 0 Å². The Bertz CT molecular complexity index is 454. The van der Waals surface area contributed by atoms with Crippen LogP contribution in [0, 0.1) is 17.0 Å². The van der Waals surface area contributed by atoms with Crippen molar-refractivity contribution >= 4 is 11.7 Å². The van der Waals surface area contributed by atoms with Gasteiger partial charge in [0.25, 0.3) is 0 Å². The van der Waals surface area contributed by atoms with Crippen LogP contribution >= 0.6 is 0 Å². The molecule has 0 unspecified atom stereocenters. The van der Waals surface area contributed by atoms with E-state index in [1.54, 1.807) is 6.92 Å². The highest BCUT2D eigenvalue weighted by Gasteiger charge is 2.32. The van der Waals surface area contributed by atoms with Gasteiger partial charge >= 0.3 is 11.7 Å². The first-order valence-corrected chi connectivity index (χ1v) is 4.77. The van der Waals surface area contributed by atoms with Crippen molar-refractivity contribution in [3.63, 3.8) is 0 Å². The molecule has 1 rings (SSSR count). The standard InChI is InChI=1S/C10H14N2O4/c1-5-7(12(15)16)6(9(13)14)11-8(5)10(2,3)4/h11H,1-4H3,(H,13,14). The fourth-order valence-electron chi connectivity index (χ4n) is 1.72. The maximum absolute atomic E-state index is 10.9. The number of carboxylic acid groups (broad SMARTS) is 1. The highest BCUT2D eigenvalue weighted by Crippen LogP contribution is 2.33. The Kier molecular flexibility index (Phi) is 2.77. The molecule has 0 saturated carbocycles. The molecule has 0 atom stereocenters. The van der Waals surface area contributed by atoms with Crippen LogP contribution < -0.4 is 0 Å². The number of hydrogen-bond donors (Lipinski definition) is 2. The quantitative estimate of drug-likeness (QED) is 0.596. The number of carbonyl (C=O) groups is 1. The average molecular weight is 226 g/mol. The first-order valence-electron chi connectivity index (χ1n) is 4.77. The van der Waals surface area contributed by atoms with Gasteiger partial charge in [0.15, 0.2) is 0 Å². The van der Waals surface area contributed by atoms with E-state index in [-0.39, 0.29) is 16.8 Å². The molecular formula is C10H14N2O4. The van der Waals surface area contributed by atoms with E-state index in [9.17, 15) is 14.9 Å². The Labute approximate surface area is 92.4 Å². The maximum atomic E-state index is 10.9. The number of rotatable bonds is 2. The van der Waals surface area contributed by atoms with Crippen molar-refractivity contribution in [1.82, 2.24) is 4.98 Å². The number of nitro groups is 1. The summed E-state index contributed by atoms with van der Waals surface area (Å²) in [6.45, 7) is 7.14. The van der Waals surface area contributed by atoms with Crippen molar-refractivity contribution in [1.29, 1.82) is 0 Å². The van der Waals surface area contributed by atoms with E-state index in [2.05, 4.69) is 4.98 Å². The molecule has 0 spiro atoms. The second-order valence-corrected chi connectivity index (χ2v) is 4.66. The first kappa shape index (κ1) is 12.2. The number of H-pyrrole nitrogens is 1. The lowest BCUT2D eigenvalue weighted by Gasteiger charge is -2.17. The molecule has 0 aliphatic carbocycles. The lowest BCUT2D eigenvalue weighted by Crippen LogP contribution is -2.13. The topological polar surface area (TPSA) is 96.2 Å². The van der Waals surface area contributed by atoms with Gasteiger partial charge in [0.1, 0.15) is 0 Å². The van der Waals surface area contributed by atoms with Crippen LogP contribution in [0.2, 0.25) is 0 Å². The smallest absolute Gasteiger partial charge is 0.359 e. The molecule has 0 radical (unpaired) electrons. The number of nitrogens with zero attached hydrogens (tertiary/aromatic N) is 1. The molecule has 6 heteroatoms. The molecule has 88 valence electrons. The van der Waals surface area contributed by atoms with E-state index in [0.29, 0.717) is 11.3 Å². The summed E-state index contributed by atoms with van der Waals surface area (Å²) in [5, 5.41) is 19.7. The summed E-state index contributed by atoms with van der Waals surface area (Å²) in [4.78, 5) is 23.7. The lowest BCUT2D eigenvalue weighted by molar-refractivity contribution is -0.385. The van der Waals surface area contributed by atoms with E-state index in [0.717, 1.165) is 0 Å². The molecule has 1 aromatic rings. The first-order chi connectivity index (χ1) is 7.16. The van der Waals surface area contributed by atoms with Gasteiger partial charge in [0.2, 0.25) is 5.69 Å². The zero-order valence-corrected chi connectivity index (χ0v) is 9.62. The second kappa shape index (κ2) is 3.62. The highest BCUT2D eigenvalue weighted by molar-refractivity contribution is 5.91. The maximum Gasteiger partial charge on any atom is 0.359 e. The summed E-state index contributed by atoms with van der Waals surface area (Å²) in [5.74, 6) is -1.31. The Morgan fingerprint density at radius 3 is 2.19 bits per heavy atom. The van der Waals surface area contributed by atoms with Gasteiger partial charge < -0.3 is 10.1 Å². The molecule has 6 nitrogen and oxygen atoms in total. The largest absolute Gasteiger partial charge is 0.476 e. The third-order valence-electron chi connectivity index (χ3n) is 2.36. The van der Waals surface area contributed by atoms with Crippen molar-refractivity contribution in [2.24, 2.45) is 0 Å². The van der Waals surface area contributed by atoms with Crippen LogP contribution in [0.5, 0.6) is 0 Å². The predicted molar refractivity (Wildman–Crippen MR) is 57.8 cm³/mol. The Morgan fingerprint density at radius 1 is 1.44 bits per heavy atom. The molecule has 1 aromatic heterocycles. The minimum absolute atomic E-state index is 0.350. The fourth-order valence-corrected chi connectivity index (χ4v) is 1.72. The average Bonchev–Trinajstić information content (AvgIpc) is 2.41. The number of hydrogen-bond acceptors (Lipinski definition) is 3. The Morgan fingerprint density at radius 2 is 1.94 bits per heavy atom. The van der Waals surface area contributed by atoms with Gasteiger partial charge in [-0.15, -0.1) is 0 Å². The minimum Gasteiger partial charge on any atom is -0.476 e. The molecule has 0 aliphatic rings. The minimum atomic E-state index is -1.31. The van der Waals surface area contributed by atoms with Crippen LogP contribution in [0.1, 0.15) is 42.5 Å². The predicted octanol–water partition coefficient (Wildman–Crippen LogP) is 2.23. The monoisotopic (exact) mass is 226 g/mol. The SMILES string of the molecule is Cc1c(C(C)(C)C)[nH]c(C(=O)O)c1[N+](=O)[O-]. The lowest BCUT2D eigenvalue weighted by atomic mass is 9.90. The van der Waals surface area contributed by atoms with E-state index in [4.69, 9.17) is 5.11 Å². The highest BCUT2D eigenvalue weighted by atomic mass is 16.6. The van der Waals surface area contributed by atoms with Gasteiger partial charge in [-0.25, -0.2) is 4.79 Å². The van der Waals surface area contributed by atoms with Crippen LogP contribution in [-0.2, 0) is 5.41 Å². The van der Waals surface area contributed by atoms with Crippen LogP contribution in [0.15, 0.2) is 0 Å². The van der Waals surface area contributed by atoms with Gasteiger partial charge in [-0.05, 0) is 6.92 Å². The normalized spacial score (nSPS) is 11.5. The van der Waals surface area contributed by atoms with Crippen molar-refractivity contribution in [3.05, 3.63) is 27.1 Å². The third-order valence-corrected chi connectivity index (χ3v) is 2.36. The molecular weight excluding hydrogens is 212 g/mol. The summed E-state index contributed by atoms with van der Waals surface area (Å²) in [6.07, 6.45) is 0. The summed E-state index contributed by atoms with van der Waals surface area (Å²) in [5.41, 5.74) is -0.0981. The second-order valence-electron chi connectivity index (χ2n) is 4.66. The van der Waals surface area contributed by atoms with Crippen LogP contribution in [0.25, 0.3) is 0 Å². The number of aromatic nitrogens is 1. The Balaban J connectivity index is 3.54. The zero-order chi connectivity index (χ0) is 12.7. The molecule has 16 heavy (non-hydrogen) atoms. The zero-order valence-electron chi connectivity index (χ0n) is 9.62. The van der Waals surface area contributed by atoms with Crippen molar-refractivity contribution in [2.75, 3.05) is 0 Å². The molecule has 0 amide bonds. The molecule has 0 fully saturated rings. The molecule has 0 aliphatic heterocycles. The molecule has 0 saturated heterocycles. The number of nitrogens with one attached hydrogen (secondary N) is 1. The van der Waals surface area contributed by atoms with Crippen LogP contribution in [0.4, 0.5) is 5.69 Å². The van der Waals surface area contributed by atoms with Crippen LogP contribution in [0.3, 0.4) is 0 Å². The number of carboxylic acids is 1. The summed E-state index contributed by atoms with van der Waals surface area (Å²) in [7, 11) is 0. The van der Waals surface area contributed by atoms with Crippen molar-refractivity contribution in [3.8, 4) is 0 Å².